The normalized spacial score (nSPS) is 12.2. The summed E-state index contributed by atoms with van der Waals surface area (Å²) in [7, 11) is 0. The zero-order chi connectivity index (χ0) is 13.5. The summed E-state index contributed by atoms with van der Waals surface area (Å²) in [5.41, 5.74) is 6.11. The first-order chi connectivity index (χ1) is 8.54. The van der Waals surface area contributed by atoms with Gasteiger partial charge in [0.2, 0.25) is 0 Å². The van der Waals surface area contributed by atoms with Crippen LogP contribution in [0.3, 0.4) is 0 Å². The van der Waals surface area contributed by atoms with E-state index >= 15 is 0 Å². The second-order valence-electron chi connectivity index (χ2n) is 4.06. The SMILES string of the molecule is CCCCOC(=O)CC(N)c1ccc(F)c(F)c1. The van der Waals surface area contributed by atoms with E-state index in [2.05, 4.69) is 0 Å². The van der Waals surface area contributed by atoms with Crippen molar-refractivity contribution in [1.82, 2.24) is 0 Å². The predicted octanol–water partition coefficient (Wildman–Crippen LogP) is 2.70. The summed E-state index contributed by atoms with van der Waals surface area (Å²) in [5.74, 6) is -2.33. The molecule has 0 fully saturated rings. The number of carbonyl (C=O) groups excluding carboxylic acids is 1. The lowest BCUT2D eigenvalue weighted by Gasteiger charge is -2.11. The Hall–Kier alpha value is -1.49. The summed E-state index contributed by atoms with van der Waals surface area (Å²) in [6.45, 7) is 2.35. The molecule has 0 aliphatic heterocycles. The Balaban J connectivity index is 2.51. The van der Waals surface area contributed by atoms with Crippen LogP contribution < -0.4 is 5.73 Å². The van der Waals surface area contributed by atoms with Crippen LogP contribution >= 0.6 is 0 Å². The lowest BCUT2D eigenvalue weighted by Crippen LogP contribution is -2.18. The average Bonchev–Trinajstić information content (AvgIpc) is 2.33. The molecule has 0 aliphatic carbocycles. The second-order valence-corrected chi connectivity index (χ2v) is 4.06. The van der Waals surface area contributed by atoms with E-state index in [1.807, 2.05) is 6.92 Å². The van der Waals surface area contributed by atoms with Crippen LogP contribution in [0.25, 0.3) is 0 Å². The Morgan fingerprint density at radius 3 is 2.72 bits per heavy atom. The van der Waals surface area contributed by atoms with Crippen LogP contribution in [0.4, 0.5) is 8.78 Å². The molecule has 1 aromatic carbocycles. The van der Waals surface area contributed by atoms with Gasteiger partial charge in [-0.1, -0.05) is 19.4 Å². The zero-order valence-corrected chi connectivity index (χ0v) is 10.3. The molecule has 100 valence electrons. The van der Waals surface area contributed by atoms with Crippen molar-refractivity contribution in [2.75, 3.05) is 6.61 Å². The second kappa shape index (κ2) is 7.06. The van der Waals surface area contributed by atoms with Gasteiger partial charge in [0.15, 0.2) is 11.6 Å². The van der Waals surface area contributed by atoms with Gasteiger partial charge in [0.25, 0.3) is 0 Å². The molecule has 0 aromatic heterocycles. The number of nitrogens with two attached hydrogens (primary N) is 1. The van der Waals surface area contributed by atoms with Gasteiger partial charge < -0.3 is 10.5 Å². The van der Waals surface area contributed by atoms with E-state index in [1.54, 1.807) is 0 Å². The van der Waals surface area contributed by atoms with Crippen molar-refractivity contribution in [3.8, 4) is 0 Å². The van der Waals surface area contributed by atoms with E-state index in [9.17, 15) is 13.6 Å². The number of carbonyl (C=O) groups is 1. The Morgan fingerprint density at radius 2 is 2.11 bits per heavy atom. The Kier molecular flexibility index (Phi) is 5.71. The molecule has 5 heteroatoms. The van der Waals surface area contributed by atoms with E-state index < -0.39 is 23.6 Å². The molecule has 0 amide bonds. The van der Waals surface area contributed by atoms with Gasteiger partial charge in [0, 0.05) is 6.04 Å². The molecular weight excluding hydrogens is 240 g/mol. The number of halogens is 2. The van der Waals surface area contributed by atoms with E-state index in [-0.39, 0.29) is 6.42 Å². The minimum atomic E-state index is -0.970. The number of unbranched alkanes of at least 4 members (excludes halogenated alkanes) is 1. The van der Waals surface area contributed by atoms with Gasteiger partial charge in [-0.25, -0.2) is 8.78 Å². The van der Waals surface area contributed by atoms with Gasteiger partial charge in [-0.2, -0.15) is 0 Å². The first kappa shape index (κ1) is 14.6. The van der Waals surface area contributed by atoms with Gasteiger partial charge in [0.1, 0.15) is 0 Å². The lowest BCUT2D eigenvalue weighted by molar-refractivity contribution is -0.144. The van der Waals surface area contributed by atoms with Crippen LogP contribution in [0.15, 0.2) is 18.2 Å². The van der Waals surface area contributed by atoms with Gasteiger partial charge in [-0.15, -0.1) is 0 Å². The van der Waals surface area contributed by atoms with Gasteiger partial charge in [-0.3, -0.25) is 4.79 Å². The molecule has 18 heavy (non-hydrogen) atoms. The monoisotopic (exact) mass is 257 g/mol. The van der Waals surface area contributed by atoms with Crippen LogP contribution in [0.1, 0.15) is 37.8 Å². The Labute approximate surface area is 105 Å². The number of hydrogen-bond acceptors (Lipinski definition) is 3. The van der Waals surface area contributed by atoms with E-state index in [0.29, 0.717) is 12.2 Å². The molecule has 0 saturated heterocycles. The minimum absolute atomic E-state index is 0.0468. The average molecular weight is 257 g/mol. The predicted molar refractivity (Wildman–Crippen MR) is 63.8 cm³/mol. The zero-order valence-electron chi connectivity index (χ0n) is 10.3. The molecule has 1 unspecified atom stereocenters. The smallest absolute Gasteiger partial charge is 0.307 e. The van der Waals surface area contributed by atoms with Crippen molar-refractivity contribution in [1.29, 1.82) is 0 Å². The first-order valence-corrected chi connectivity index (χ1v) is 5.90. The third-order valence-corrected chi connectivity index (χ3v) is 2.52. The molecule has 3 nitrogen and oxygen atoms in total. The highest BCUT2D eigenvalue weighted by molar-refractivity contribution is 5.70. The van der Waals surface area contributed by atoms with Crippen LogP contribution in [-0.4, -0.2) is 12.6 Å². The maximum Gasteiger partial charge on any atom is 0.307 e. The van der Waals surface area contributed by atoms with Crippen LogP contribution in [-0.2, 0) is 9.53 Å². The summed E-state index contributed by atoms with van der Waals surface area (Å²) in [6.07, 6.45) is 1.68. The van der Waals surface area contributed by atoms with E-state index in [4.69, 9.17) is 10.5 Å². The quantitative estimate of drug-likeness (QED) is 0.629. The van der Waals surface area contributed by atoms with Crippen LogP contribution in [0.5, 0.6) is 0 Å². The number of benzene rings is 1. The van der Waals surface area contributed by atoms with Crippen molar-refractivity contribution in [2.24, 2.45) is 5.73 Å². The highest BCUT2D eigenvalue weighted by Gasteiger charge is 2.14. The largest absolute Gasteiger partial charge is 0.466 e. The number of ether oxygens (including phenoxy) is 1. The molecule has 1 rings (SSSR count). The van der Waals surface area contributed by atoms with Gasteiger partial charge >= 0.3 is 5.97 Å². The number of rotatable bonds is 6. The molecule has 2 N–H and O–H groups in total. The summed E-state index contributed by atoms with van der Waals surface area (Å²) >= 11 is 0. The van der Waals surface area contributed by atoms with E-state index in [0.717, 1.165) is 25.0 Å². The fourth-order valence-corrected chi connectivity index (χ4v) is 1.43. The minimum Gasteiger partial charge on any atom is -0.466 e. The standard InChI is InChI=1S/C13H17F2NO2/c1-2-3-6-18-13(17)8-12(16)9-4-5-10(14)11(15)7-9/h4-5,7,12H,2-3,6,8,16H2,1H3. The van der Waals surface area contributed by atoms with Crippen molar-refractivity contribution in [3.63, 3.8) is 0 Å². The molecule has 0 aliphatic rings. The molecule has 1 aromatic rings. The number of hydrogen-bond donors (Lipinski definition) is 1. The fraction of sp³-hybridized carbons (Fsp3) is 0.462. The molecule has 1 atom stereocenters. The summed E-state index contributed by atoms with van der Waals surface area (Å²) < 4.78 is 30.6. The first-order valence-electron chi connectivity index (χ1n) is 5.90. The maximum absolute atomic E-state index is 13.0. The van der Waals surface area contributed by atoms with Crippen molar-refractivity contribution in [3.05, 3.63) is 35.4 Å². The molecule has 0 radical (unpaired) electrons. The van der Waals surface area contributed by atoms with Crippen molar-refractivity contribution in [2.45, 2.75) is 32.2 Å². The van der Waals surface area contributed by atoms with Crippen LogP contribution in [0.2, 0.25) is 0 Å². The topological polar surface area (TPSA) is 52.3 Å². The maximum atomic E-state index is 13.0. The molecule has 0 saturated carbocycles. The van der Waals surface area contributed by atoms with E-state index in [1.165, 1.54) is 6.07 Å². The lowest BCUT2D eigenvalue weighted by atomic mass is 10.0. The molecule has 0 heterocycles. The van der Waals surface area contributed by atoms with Crippen LogP contribution in [0, 0.1) is 11.6 Å². The third-order valence-electron chi connectivity index (χ3n) is 2.52. The van der Waals surface area contributed by atoms with Crippen molar-refractivity contribution >= 4 is 5.97 Å². The highest BCUT2D eigenvalue weighted by atomic mass is 19.2. The highest BCUT2D eigenvalue weighted by Crippen LogP contribution is 2.17. The summed E-state index contributed by atoms with van der Waals surface area (Å²) in [4.78, 5) is 11.4. The van der Waals surface area contributed by atoms with Crippen molar-refractivity contribution < 1.29 is 18.3 Å². The number of esters is 1. The van der Waals surface area contributed by atoms with Gasteiger partial charge in [-0.05, 0) is 24.1 Å². The summed E-state index contributed by atoms with van der Waals surface area (Å²) in [6, 6.07) is 2.67. The Morgan fingerprint density at radius 1 is 1.39 bits per heavy atom. The Bertz CT molecular complexity index is 410. The summed E-state index contributed by atoms with van der Waals surface area (Å²) in [5, 5.41) is 0. The fourth-order valence-electron chi connectivity index (χ4n) is 1.43. The van der Waals surface area contributed by atoms with Gasteiger partial charge in [0.05, 0.1) is 13.0 Å². The third kappa shape index (κ3) is 4.41. The molecular formula is C13H17F2NO2. The molecule has 0 bridgehead atoms. The molecule has 0 spiro atoms.